The van der Waals surface area contributed by atoms with Crippen LogP contribution in [-0.2, 0) is 22.4 Å². The second-order valence-electron chi connectivity index (χ2n) is 5.63. The zero-order valence-corrected chi connectivity index (χ0v) is 15.9. The Balaban J connectivity index is 1.68. The highest BCUT2D eigenvalue weighted by Crippen LogP contribution is 2.24. The molecule has 6 nitrogen and oxygen atoms in total. The van der Waals surface area contributed by atoms with Crippen LogP contribution in [0.2, 0.25) is 0 Å². The van der Waals surface area contributed by atoms with Gasteiger partial charge >= 0.3 is 0 Å². The number of ether oxygens (including phenoxy) is 2. The summed E-state index contributed by atoms with van der Waals surface area (Å²) in [7, 11) is 3.21. The van der Waals surface area contributed by atoms with Crippen LogP contribution in [0.5, 0.6) is 11.5 Å². The Morgan fingerprint density at radius 1 is 1.04 bits per heavy atom. The van der Waals surface area contributed by atoms with Gasteiger partial charge in [-0.2, -0.15) is 0 Å². The van der Waals surface area contributed by atoms with E-state index in [-0.39, 0.29) is 18.4 Å². The van der Waals surface area contributed by atoms with Gasteiger partial charge in [0.1, 0.15) is 11.5 Å². The molecular formula is C19H24N2O4S. The number of carbonyl (C=O) groups is 2. The topological polar surface area (TPSA) is 76.7 Å². The maximum absolute atomic E-state index is 11.9. The van der Waals surface area contributed by atoms with Gasteiger partial charge in [0.2, 0.25) is 11.8 Å². The Morgan fingerprint density at radius 3 is 2.58 bits per heavy atom. The minimum atomic E-state index is -0.212. The van der Waals surface area contributed by atoms with E-state index in [2.05, 4.69) is 10.6 Å². The molecule has 0 atom stereocenters. The van der Waals surface area contributed by atoms with Crippen LogP contribution in [0.1, 0.15) is 16.9 Å². The van der Waals surface area contributed by atoms with E-state index in [4.69, 9.17) is 9.47 Å². The van der Waals surface area contributed by atoms with Crippen molar-refractivity contribution in [2.45, 2.75) is 19.3 Å². The molecule has 2 aromatic rings. The average Bonchev–Trinajstić information content (AvgIpc) is 3.18. The Bertz CT molecular complexity index is 716. The summed E-state index contributed by atoms with van der Waals surface area (Å²) in [6.07, 6.45) is 1.69. The number of rotatable bonds is 10. The van der Waals surface area contributed by atoms with Gasteiger partial charge in [-0.1, -0.05) is 6.07 Å². The first-order valence-electron chi connectivity index (χ1n) is 8.39. The SMILES string of the molecule is COc1ccc(OC)c(CCNC(=O)CNC(=O)CCc2cccs2)c1. The van der Waals surface area contributed by atoms with E-state index in [1.807, 2.05) is 35.7 Å². The van der Waals surface area contributed by atoms with Crippen molar-refractivity contribution in [2.75, 3.05) is 27.3 Å². The van der Waals surface area contributed by atoms with Crippen molar-refractivity contribution < 1.29 is 19.1 Å². The van der Waals surface area contributed by atoms with Crippen molar-refractivity contribution in [3.8, 4) is 11.5 Å². The van der Waals surface area contributed by atoms with Crippen LogP contribution in [0.4, 0.5) is 0 Å². The molecule has 2 N–H and O–H groups in total. The summed E-state index contributed by atoms with van der Waals surface area (Å²) in [6.45, 7) is 0.436. The molecule has 2 amide bonds. The molecule has 0 bridgehead atoms. The molecule has 0 unspecified atom stereocenters. The fourth-order valence-electron chi connectivity index (χ4n) is 2.44. The summed E-state index contributed by atoms with van der Waals surface area (Å²) in [5, 5.41) is 7.42. The van der Waals surface area contributed by atoms with Crippen molar-refractivity contribution in [3.63, 3.8) is 0 Å². The number of thiophene rings is 1. The van der Waals surface area contributed by atoms with Crippen molar-refractivity contribution >= 4 is 23.2 Å². The van der Waals surface area contributed by atoms with Crippen LogP contribution in [0.3, 0.4) is 0 Å². The molecule has 7 heteroatoms. The van der Waals surface area contributed by atoms with Crippen LogP contribution in [0.15, 0.2) is 35.7 Å². The monoisotopic (exact) mass is 376 g/mol. The Labute approximate surface area is 157 Å². The fraction of sp³-hybridized carbons (Fsp3) is 0.368. The van der Waals surface area contributed by atoms with Gasteiger partial charge in [0.25, 0.3) is 0 Å². The van der Waals surface area contributed by atoms with Gasteiger partial charge in [0, 0.05) is 17.8 Å². The zero-order valence-electron chi connectivity index (χ0n) is 15.0. The largest absolute Gasteiger partial charge is 0.497 e. The number of hydrogen-bond acceptors (Lipinski definition) is 5. The maximum Gasteiger partial charge on any atom is 0.239 e. The number of benzene rings is 1. The highest BCUT2D eigenvalue weighted by Gasteiger charge is 2.08. The quantitative estimate of drug-likeness (QED) is 0.666. The minimum Gasteiger partial charge on any atom is -0.497 e. The summed E-state index contributed by atoms with van der Waals surface area (Å²) in [5.74, 6) is 1.16. The van der Waals surface area contributed by atoms with Gasteiger partial charge in [-0.15, -0.1) is 11.3 Å². The third-order valence-corrected chi connectivity index (χ3v) is 4.76. The van der Waals surface area contributed by atoms with E-state index in [0.29, 0.717) is 25.8 Å². The molecule has 0 spiro atoms. The van der Waals surface area contributed by atoms with Gasteiger partial charge in [-0.3, -0.25) is 9.59 Å². The van der Waals surface area contributed by atoms with Crippen molar-refractivity contribution in [1.82, 2.24) is 10.6 Å². The van der Waals surface area contributed by atoms with Gasteiger partial charge < -0.3 is 20.1 Å². The van der Waals surface area contributed by atoms with E-state index in [1.54, 1.807) is 25.6 Å². The predicted octanol–water partition coefficient (Wildman–Crippen LogP) is 2.17. The number of hydrogen-bond donors (Lipinski definition) is 2. The standard InChI is InChI=1S/C19H24N2O4S/c1-24-15-5-7-17(25-2)14(12-15)9-10-20-19(23)13-21-18(22)8-6-16-4-3-11-26-16/h3-5,7,11-12H,6,8-10,13H2,1-2H3,(H,20,23)(H,21,22). The number of methoxy groups -OCH3 is 2. The number of aryl methyl sites for hydroxylation is 1. The summed E-state index contributed by atoms with van der Waals surface area (Å²) >= 11 is 1.63. The Kier molecular flexibility index (Phi) is 7.95. The van der Waals surface area contributed by atoms with E-state index >= 15 is 0 Å². The highest BCUT2D eigenvalue weighted by atomic mass is 32.1. The van der Waals surface area contributed by atoms with Crippen molar-refractivity contribution in [3.05, 3.63) is 46.2 Å². The van der Waals surface area contributed by atoms with Crippen LogP contribution >= 0.6 is 11.3 Å². The molecule has 0 saturated heterocycles. The first kappa shape index (κ1) is 19.8. The molecule has 0 aliphatic rings. The highest BCUT2D eigenvalue weighted by molar-refractivity contribution is 7.09. The van der Waals surface area contributed by atoms with Gasteiger partial charge in [0.15, 0.2) is 0 Å². The molecule has 0 saturated carbocycles. The maximum atomic E-state index is 11.9. The van der Waals surface area contributed by atoms with E-state index in [0.717, 1.165) is 21.9 Å². The summed E-state index contributed by atoms with van der Waals surface area (Å²) in [5.41, 5.74) is 0.951. The molecule has 1 aromatic carbocycles. The minimum absolute atomic E-state index is 0.0154. The summed E-state index contributed by atoms with van der Waals surface area (Å²) in [6, 6.07) is 9.51. The smallest absolute Gasteiger partial charge is 0.239 e. The molecule has 26 heavy (non-hydrogen) atoms. The molecule has 0 radical (unpaired) electrons. The van der Waals surface area contributed by atoms with Gasteiger partial charge in [-0.25, -0.2) is 0 Å². The van der Waals surface area contributed by atoms with E-state index in [9.17, 15) is 9.59 Å². The fourth-order valence-corrected chi connectivity index (χ4v) is 3.14. The van der Waals surface area contributed by atoms with Crippen LogP contribution in [0.25, 0.3) is 0 Å². The lowest BCUT2D eigenvalue weighted by molar-refractivity contribution is -0.126. The van der Waals surface area contributed by atoms with Gasteiger partial charge in [-0.05, 0) is 48.1 Å². The summed E-state index contributed by atoms with van der Waals surface area (Å²) < 4.78 is 10.5. The first-order chi connectivity index (χ1) is 12.6. The predicted molar refractivity (Wildman–Crippen MR) is 102 cm³/mol. The molecule has 0 fully saturated rings. The third-order valence-electron chi connectivity index (χ3n) is 3.83. The van der Waals surface area contributed by atoms with Gasteiger partial charge in [0.05, 0.1) is 20.8 Å². The Hall–Kier alpha value is -2.54. The molecule has 0 aliphatic carbocycles. The van der Waals surface area contributed by atoms with E-state index < -0.39 is 0 Å². The van der Waals surface area contributed by atoms with Crippen LogP contribution in [0, 0.1) is 0 Å². The average molecular weight is 376 g/mol. The second-order valence-corrected chi connectivity index (χ2v) is 6.67. The lowest BCUT2D eigenvalue weighted by Gasteiger charge is -2.11. The normalized spacial score (nSPS) is 10.2. The lowest BCUT2D eigenvalue weighted by atomic mass is 10.1. The second kappa shape index (κ2) is 10.5. The first-order valence-corrected chi connectivity index (χ1v) is 9.27. The van der Waals surface area contributed by atoms with Crippen molar-refractivity contribution in [2.24, 2.45) is 0 Å². The van der Waals surface area contributed by atoms with Crippen LogP contribution < -0.4 is 20.1 Å². The lowest BCUT2D eigenvalue weighted by Crippen LogP contribution is -2.37. The van der Waals surface area contributed by atoms with Crippen LogP contribution in [-0.4, -0.2) is 39.1 Å². The number of amides is 2. The van der Waals surface area contributed by atoms with Crippen molar-refractivity contribution in [1.29, 1.82) is 0 Å². The zero-order chi connectivity index (χ0) is 18.8. The molecule has 140 valence electrons. The molecule has 2 rings (SSSR count). The number of nitrogens with one attached hydrogen (secondary N) is 2. The number of carbonyl (C=O) groups excluding carboxylic acids is 2. The molecule has 1 heterocycles. The molecular weight excluding hydrogens is 352 g/mol. The van der Waals surface area contributed by atoms with E-state index in [1.165, 1.54) is 0 Å². The Morgan fingerprint density at radius 2 is 1.88 bits per heavy atom. The summed E-state index contributed by atoms with van der Waals surface area (Å²) in [4.78, 5) is 24.8. The third kappa shape index (κ3) is 6.40. The molecule has 0 aliphatic heterocycles. The molecule has 1 aromatic heterocycles.